The highest BCUT2D eigenvalue weighted by Crippen LogP contribution is 2.21. The first-order valence-electron chi connectivity index (χ1n) is 6.21. The molecule has 0 aliphatic rings. The van der Waals surface area contributed by atoms with Crippen LogP contribution in [-0.2, 0) is 9.47 Å². The first-order chi connectivity index (χ1) is 8.74. The molecule has 0 bridgehead atoms. The molecule has 0 spiro atoms. The van der Waals surface area contributed by atoms with E-state index >= 15 is 0 Å². The lowest BCUT2D eigenvalue weighted by molar-refractivity contribution is 0.0713. The van der Waals surface area contributed by atoms with Crippen molar-refractivity contribution < 1.29 is 14.6 Å². The molecule has 1 aromatic rings. The fraction of sp³-hybridized carbons (Fsp3) is 0.571. The molecule has 0 aromatic heterocycles. The Morgan fingerprint density at radius 2 is 1.89 bits per heavy atom. The van der Waals surface area contributed by atoms with Gasteiger partial charge < -0.3 is 14.6 Å². The van der Waals surface area contributed by atoms with Crippen LogP contribution in [0.2, 0.25) is 0 Å². The third kappa shape index (κ3) is 6.40. The molecular formula is C14H22O3S. The second kappa shape index (κ2) is 9.39. The zero-order valence-corrected chi connectivity index (χ0v) is 11.9. The van der Waals surface area contributed by atoms with Gasteiger partial charge in [0.1, 0.15) is 0 Å². The molecule has 0 heterocycles. The summed E-state index contributed by atoms with van der Waals surface area (Å²) in [5.41, 5.74) is 0.960. The van der Waals surface area contributed by atoms with Crippen LogP contribution in [0.25, 0.3) is 0 Å². The molecule has 0 aliphatic heterocycles. The number of aliphatic hydroxyl groups excluding tert-OH is 1. The number of hydrogen-bond donors (Lipinski definition) is 1. The fourth-order valence-corrected chi connectivity index (χ4v) is 2.26. The molecule has 0 saturated carbocycles. The SMILES string of the molecule is COCCOCCCSc1ccc(C(C)O)cc1. The van der Waals surface area contributed by atoms with Crippen molar-refractivity contribution in [1.82, 2.24) is 0 Å². The summed E-state index contributed by atoms with van der Waals surface area (Å²) in [6.07, 6.45) is 0.644. The molecule has 18 heavy (non-hydrogen) atoms. The van der Waals surface area contributed by atoms with Crippen LogP contribution in [0.5, 0.6) is 0 Å². The lowest BCUT2D eigenvalue weighted by atomic mass is 10.1. The van der Waals surface area contributed by atoms with Crippen LogP contribution in [0.1, 0.15) is 25.0 Å². The molecule has 1 atom stereocenters. The molecule has 1 N–H and O–H groups in total. The maximum Gasteiger partial charge on any atom is 0.0761 e. The highest BCUT2D eigenvalue weighted by Gasteiger charge is 2.00. The number of methoxy groups -OCH3 is 1. The number of aliphatic hydroxyl groups is 1. The van der Waals surface area contributed by atoms with E-state index in [1.54, 1.807) is 14.0 Å². The van der Waals surface area contributed by atoms with Crippen LogP contribution in [0.4, 0.5) is 0 Å². The lowest BCUT2D eigenvalue weighted by Gasteiger charge is -2.06. The van der Waals surface area contributed by atoms with Gasteiger partial charge in [-0.25, -0.2) is 0 Å². The van der Waals surface area contributed by atoms with Crippen LogP contribution in [0.3, 0.4) is 0 Å². The van der Waals surface area contributed by atoms with Gasteiger partial charge in [-0.05, 0) is 31.0 Å². The fourth-order valence-electron chi connectivity index (χ4n) is 1.44. The zero-order chi connectivity index (χ0) is 13.2. The van der Waals surface area contributed by atoms with Crippen LogP contribution >= 0.6 is 11.8 Å². The molecule has 1 aromatic carbocycles. The van der Waals surface area contributed by atoms with Gasteiger partial charge in [-0.3, -0.25) is 0 Å². The molecule has 0 radical (unpaired) electrons. The lowest BCUT2D eigenvalue weighted by Crippen LogP contribution is -2.03. The molecule has 102 valence electrons. The summed E-state index contributed by atoms with van der Waals surface area (Å²) in [5.74, 6) is 1.04. The van der Waals surface area contributed by atoms with E-state index in [4.69, 9.17) is 9.47 Å². The third-order valence-electron chi connectivity index (χ3n) is 2.50. The molecule has 3 nitrogen and oxygen atoms in total. The largest absolute Gasteiger partial charge is 0.389 e. The van der Waals surface area contributed by atoms with E-state index in [2.05, 4.69) is 12.1 Å². The van der Waals surface area contributed by atoms with Crippen molar-refractivity contribution in [3.8, 4) is 0 Å². The normalized spacial score (nSPS) is 12.6. The van der Waals surface area contributed by atoms with Gasteiger partial charge in [0.2, 0.25) is 0 Å². The molecule has 0 amide bonds. The number of thioether (sulfide) groups is 1. The van der Waals surface area contributed by atoms with Gasteiger partial charge in [-0.1, -0.05) is 12.1 Å². The first kappa shape index (κ1) is 15.5. The van der Waals surface area contributed by atoms with Crippen LogP contribution in [0.15, 0.2) is 29.2 Å². The Kier molecular flexibility index (Phi) is 8.09. The summed E-state index contributed by atoms with van der Waals surface area (Å²) < 4.78 is 10.3. The monoisotopic (exact) mass is 270 g/mol. The Balaban J connectivity index is 2.12. The van der Waals surface area contributed by atoms with Gasteiger partial charge in [0.15, 0.2) is 0 Å². The van der Waals surface area contributed by atoms with Gasteiger partial charge in [-0.15, -0.1) is 11.8 Å². The topological polar surface area (TPSA) is 38.7 Å². The zero-order valence-electron chi connectivity index (χ0n) is 11.1. The minimum atomic E-state index is -0.391. The van der Waals surface area contributed by atoms with Crippen LogP contribution in [0, 0.1) is 0 Å². The number of ether oxygens (including phenoxy) is 2. The number of benzene rings is 1. The van der Waals surface area contributed by atoms with E-state index in [-0.39, 0.29) is 0 Å². The summed E-state index contributed by atoms with van der Waals surface area (Å²) >= 11 is 1.81. The molecule has 0 saturated heterocycles. The van der Waals surface area contributed by atoms with Crippen molar-refractivity contribution in [2.45, 2.75) is 24.3 Å². The smallest absolute Gasteiger partial charge is 0.0761 e. The van der Waals surface area contributed by atoms with Crippen molar-refractivity contribution >= 4 is 11.8 Å². The Bertz CT molecular complexity index is 311. The summed E-state index contributed by atoms with van der Waals surface area (Å²) in [6, 6.07) is 8.06. The van der Waals surface area contributed by atoms with Gasteiger partial charge in [0, 0.05) is 24.4 Å². The number of hydrogen-bond acceptors (Lipinski definition) is 4. The summed E-state index contributed by atoms with van der Waals surface area (Å²) in [7, 11) is 1.68. The van der Waals surface area contributed by atoms with Gasteiger partial charge in [0.05, 0.1) is 19.3 Å². The maximum absolute atomic E-state index is 9.40. The van der Waals surface area contributed by atoms with Crippen molar-refractivity contribution in [3.63, 3.8) is 0 Å². The van der Waals surface area contributed by atoms with Crippen LogP contribution < -0.4 is 0 Å². The van der Waals surface area contributed by atoms with E-state index in [1.165, 1.54) is 4.90 Å². The minimum Gasteiger partial charge on any atom is -0.389 e. The predicted octanol–water partition coefficient (Wildman–Crippen LogP) is 2.89. The molecule has 1 unspecified atom stereocenters. The van der Waals surface area contributed by atoms with Crippen molar-refractivity contribution in [1.29, 1.82) is 0 Å². The predicted molar refractivity (Wildman–Crippen MR) is 75.1 cm³/mol. The van der Waals surface area contributed by atoms with Gasteiger partial charge in [0.25, 0.3) is 0 Å². The molecule has 0 fully saturated rings. The van der Waals surface area contributed by atoms with Gasteiger partial charge in [-0.2, -0.15) is 0 Å². The standard InChI is InChI=1S/C14H22O3S/c1-12(15)13-4-6-14(7-5-13)18-11-3-8-17-10-9-16-2/h4-7,12,15H,3,8-11H2,1-2H3. The Morgan fingerprint density at radius 1 is 1.17 bits per heavy atom. The van der Waals surface area contributed by atoms with Crippen molar-refractivity contribution in [2.24, 2.45) is 0 Å². The Hall–Kier alpha value is -0.550. The van der Waals surface area contributed by atoms with Crippen LogP contribution in [-0.4, -0.2) is 37.8 Å². The summed E-state index contributed by atoms with van der Waals surface area (Å²) in [5, 5.41) is 9.40. The van der Waals surface area contributed by atoms with E-state index in [0.29, 0.717) is 13.2 Å². The first-order valence-corrected chi connectivity index (χ1v) is 7.20. The van der Waals surface area contributed by atoms with Gasteiger partial charge >= 0.3 is 0 Å². The third-order valence-corrected chi connectivity index (χ3v) is 3.59. The second-order valence-corrected chi connectivity index (χ2v) is 5.22. The summed E-state index contributed by atoms with van der Waals surface area (Å²) in [6.45, 7) is 3.89. The van der Waals surface area contributed by atoms with E-state index < -0.39 is 6.10 Å². The van der Waals surface area contributed by atoms with E-state index in [1.807, 2.05) is 23.9 Å². The Morgan fingerprint density at radius 3 is 2.50 bits per heavy atom. The molecular weight excluding hydrogens is 248 g/mol. The van der Waals surface area contributed by atoms with E-state index in [9.17, 15) is 5.11 Å². The molecule has 0 aliphatic carbocycles. The Labute approximate surface area is 113 Å². The quantitative estimate of drug-likeness (QED) is 0.553. The average molecular weight is 270 g/mol. The number of rotatable bonds is 9. The average Bonchev–Trinajstić information content (AvgIpc) is 2.38. The molecule has 4 heteroatoms. The maximum atomic E-state index is 9.40. The van der Waals surface area contributed by atoms with Crippen molar-refractivity contribution in [3.05, 3.63) is 29.8 Å². The summed E-state index contributed by atoms with van der Waals surface area (Å²) in [4.78, 5) is 1.23. The highest BCUT2D eigenvalue weighted by atomic mass is 32.2. The van der Waals surface area contributed by atoms with Crippen molar-refractivity contribution in [2.75, 3.05) is 32.7 Å². The second-order valence-electron chi connectivity index (χ2n) is 4.05. The minimum absolute atomic E-state index is 0.391. The van der Waals surface area contributed by atoms with E-state index in [0.717, 1.165) is 24.3 Å². The highest BCUT2D eigenvalue weighted by molar-refractivity contribution is 7.99. The molecule has 1 rings (SSSR count).